The maximum atomic E-state index is 12.5. The Balaban J connectivity index is 1.26. The van der Waals surface area contributed by atoms with Crippen molar-refractivity contribution in [3.05, 3.63) is 30.4 Å². The average Bonchev–Trinajstić information content (AvgIpc) is 3.33. The van der Waals surface area contributed by atoms with Crippen molar-refractivity contribution in [1.29, 1.82) is 0 Å². The molecule has 0 saturated carbocycles. The summed E-state index contributed by atoms with van der Waals surface area (Å²) in [5, 5.41) is 2.96. The van der Waals surface area contributed by atoms with Crippen molar-refractivity contribution < 1.29 is 19.1 Å². The number of nitrogens with one attached hydrogen (secondary N) is 1. The van der Waals surface area contributed by atoms with Crippen LogP contribution in [0.25, 0.3) is 0 Å². The van der Waals surface area contributed by atoms with Crippen LogP contribution in [0.5, 0.6) is 11.5 Å². The molecule has 3 aliphatic rings. The summed E-state index contributed by atoms with van der Waals surface area (Å²) >= 11 is 0. The monoisotopic (exact) mass is 356 g/mol. The molecule has 1 N–H and O–H groups in total. The number of hydrogen-bond donors (Lipinski definition) is 1. The molecule has 26 heavy (non-hydrogen) atoms. The fraction of sp³-hybridized carbons (Fsp3) is 0.500. The summed E-state index contributed by atoms with van der Waals surface area (Å²) in [6.45, 7) is 1.54. The zero-order valence-electron chi connectivity index (χ0n) is 14.8. The van der Waals surface area contributed by atoms with Gasteiger partial charge in [-0.2, -0.15) is 0 Å². The van der Waals surface area contributed by atoms with Crippen LogP contribution in [0, 0.1) is 11.8 Å². The lowest BCUT2D eigenvalue weighted by molar-refractivity contribution is -0.135. The first-order valence-corrected chi connectivity index (χ1v) is 9.34. The van der Waals surface area contributed by atoms with E-state index in [2.05, 4.69) is 17.5 Å². The molecule has 2 amide bonds. The third-order valence-corrected chi connectivity index (χ3v) is 5.41. The number of ether oxygens (including phenoxy) is 2. The molecular weight excluding hydrogens is 332 g/mol. The van der Waals surface area contributed by atoms with E-state index in [-0.39, 0.29) is 24.5 Å². The highest BCUT2D eigenvalue weighted by atomic mass is 16.7. The van der Waals surface area contributed by atoms with Crippen LogP contribution in [-0.4, -0.2) is 36.6 Å². The number of rotatable bonds is 4. The van der Waals surface area contributed by atoms with Crippen LogP contribution in [0.1, 0.15) is 32.1 Å². The zero-order chi connectivity index (χ0) is 17.9. The van der Waals surface area contributed by atoms with Gasteiger partial charge in [-0.3, -0.25) is 9.59 Å². The predicted octanol–water partition coefficient (Wildman–Crippen LogP) is 2.95. The highest BCUT2D eigenvalue weighted by molar-refractivity contribution is 5.93. The fourth-order valence-corrected chi connectivity index (χ4v) is 3.83. The zero-order valence-corrected chi connectivity index (χ0v) is 14.8. The van der Waals surface area contributed by atoms with Crippen LogP contribution in [-0.2, 0) is 9.59 Å². The van der Waals surface area contributed by atoms with Gasteiger partial charge in [0.2, 0.25) is 18.6 Å². The Morgan fingerprint density at radius 1 is 1.12 bits per heavy atom. The maximum absolute atomic E-state index is 12.5. The number of fused-ring (bicyclic) bond motifs is 1. The van der Waals surface area contributed by atoms with E-state index < -0.39 is 0 Å². The number of carbonyl (C=O) groups excluding carboxylic acids is 2. The van der Waals surface area contributed by atoms with Crippen LogP contribution >= 0.6 is 0 Å². The molecule has 0 radical (unpaired) electrons. The van der Waals surface area contributed by atoms with Crippen molar-refractivity contribution in [3.63, 3.8) is 0 Å². The van der Waals surface area contributed by atoms with Gasteiger partial charge in [0.05, 0.1) is 0 Å². The number of likely N-dealkylation sites (tertiary alicyclic amines) is 1. The molecule has 1 fully saturated rings. The molecule has 4 rings (SSSR count). The van der Waals surface area contributed by atoms with E-state index >= 15 is 0 Å². The first-order chi connectivity index (χ1) is 12.7. The van der Waals surface area contributed by atoms with Crippen LogP contribution in [0.3, 0.4) is 0 Å². The van der Waals surface area contributed by atoms with Crippen molar-refractivity contribution in [2.24, 2.45) is 11.8 Å². The highest BCUT2D eigenvalue weighted by Gasteiger charge is 2.28. The summed E-state index contributed by atoms with van der Waals surface area (Å²) < 4.78 is 10.6. The number of amides is 2. The third-order valence-electron chi connectivity index (χ3n) is 5.41. The van der Waals surface area contributed by atoms with E-state index in [9.17, 15) is 9.59 Å². The molecule has 0 unspecified atom stereocenters. The summed E-state index contributed by atoms with van der Waals surface area (Å²) in [6, 6.07) is 5.41. The number of nitrogens with zero attached hydrogens (tertiary/aromatic N) is 1. The van der Waals surface area contributed by atoms with Crippen molar-refractivity contribution in [2.75, 3.05) is 25.2 Å². The lowest BCUT2D eigenvalue weighted by Crippen LogP contribution is -2.41. The van der Waals surface area contributed by atoms with Gasteiger partial charge in [-0.05, 0) is 43.7 Å². The maximum Gasteiger partial charge on any atom is 0.231 e. The Kier molecular flexibility index (Phi) is 4.82. The van der Waals surface area contributed by atoms with Crippen LogP contribution in [0.2, 0.25) is 0 Å². The van der Waals surface area contributed by atoms with Crippen LogP contribution in [0.4, 0.5) is 5.69 Å². The van der Waals surface area contributed by atoms with Gasteiger partial charge in [0, 0.05) is 37.2 Å². The van der Waals surface area contributed by atoms with E-state index in [0.717, 1.165) is 12.8 Å². The summed E-state index contributed by atoms with van der Waals surface area (Å²) in [4.78, 5) is 26.8. The Labute approximate surface area is 153 Å². The minimum atomic E-state index is -0.0594. The minimum absolute atomic E-state index is 0.00897. The predicted molar refractivity (Wildman–Crippen MR) is 97.0 cm³/mol. The van der Waals surface area contributed by atoms with Gasteiger partial charge in [-0.1, -0.05) is 12.2 Å². The summed E-state index contributed by atoms with van der Waals surface area (Å²) in [5.74, 6) is 1.92. The van der Waals surface area contributed by atoms with Crippen molar-refractivity contribution in [2.45, 2.75) is 32.1 Å². The number of allylic oxidation sites excluding steroid dienone is 2. The van der Waals surface area contributed by atoms with E-state index in [1.165, 1.54) is 0 Å². The van der Waals surface area contributed by atoms with Gasteiger partial charge in [-0.15, -0.1) is 0 Å². The molecule has 6 heteroatoms. The summed E-state index contributed by atoms with van der Waals surface area (Å²) in [6.07, 6.45) is 8.50. The molecule has 0 spiro atoms. The molecule has 6 nitrogen and oxygen atoms in total. The van der Waals surface area contributed by atoms with Crippen LogP contribution in [0.15, 0.2) is 30.4 Å². The van der Waals surface area contributed by atoms with Gasteiger partial charge in [0.1, 0.15) is 0 Å². The van der Waals surface area contributed by atoms with E-state index in [1.54, 1.807) is 12.1 Å². The minimum Gasteiger partial charge on any atom is -0.454 e. The van der Waals surface area contributed by atoms with Gasteiger partial charge in [0.15, 0.2) is 11.5 Å². The average molecular weight is 356 g/mol. The molecule has 1 aromatic rings. The summed E-state index contributed by atoms with van der Waals surface area (Å²) in [5.41, 5.74) is 0.714. The van der Waals surface area contributed by atoms with Crippen molar-refractivity contribution in [3.8, 4) is 11.5 Å². The van der Waals surface area contributed by atoms with E-state index in [0.29, 0.717) is 55.5 Å². The van der Waals surface area contributed by atoms with E-state index in [1.807, 2.05) is 11.0 Å². The Morgan fingerprint density at radius 2 is 1.92 bits per heavy atom. The number of hydrogen-bond acceptors (Lipinski definition) is 4. The number of carbonyl (C=O) groups is 2. The lowest BCUT2D eigenvalue weighted by Gasteiger charge is -2.32. The standard InChI is InChI=1S/C20H24N2O4/c23-19(11-14-3-1-2-4-14)22-9-7-15(8-10-22)20(24)21-16-5-6-17-18(12-16)26-13-25-17/h1,3,5-6,12,14-15H,2,4,7-11,13H2,(H,21,24)/t14-/m1/s1. The number of piperidine rings is 1. The van der Waals surface area contributed by atoms with Gasteiger partial charge in [-0.25, -0.2) is 0 Å². The molecule has 2 aliphatic heterocycles. The quantitative estimate of drug-likeness (QED) is 0.842. The third kappa shape index (κ3) is 3.69. The molecule has 1 aromatic carbocycles. The molecule has 1 saturated heterocycles. The molecule has 2 heterocycles. The van der Waals surface area contributed by atoms with Crippen molar-refractivity contribution in [1.82, 2.24) is 4.90 Å². The Hall–Kier alpha value is -2.50. The molecule has 138 valence electrons. The fourth-order valence-electron chi connectivity index (χ4n) is 3.83. The second kappa shape index (κ2) is 7.40. The largest absolute Gasteiger partial charge is 0.454 e. The molecule has 1 atom stereocenters. The van der Waals surface area contributed by atoms with Gasteiger partial charge >= 0.3 is 0 Å². The normalized spacial score (nSPS) is 21.8. The first-order valence-electron chi connectivity index (χ1n) is 9.34. The topological polar surface area (TPSA) is 67.9 Å². The van der Waals surface area contributed by atoms with Crippen molar-refractivity contribution >= 4 is 17.5 Å². The van der Waals surface area contributed by atoms with Gasteiger partial charge < -0.3 is 19.7 Å². The highest BCUT2D eigenvalue weighted by Crippen LogP contribution is 2.34. The number of anilines is 1. The Bertz CT molecular complexity index is 723. The second-order valence-electron chi connectivity index (χ2n) is 7.18. The SMILES string of the molecule is O=C(Nc1ccc2c(c1)OCO2)C1CCN(C(=O)C[C@@H]2C=CCC2)CC1. The smallest absolute Gasteiger partial charge is 0.231 e. The van der Waals surface area contributed by atoms with Gasteiger partial charge in [0.25, 0.3) is 0 Å². The first kappa shape index (κ1) is 16.9. The van der Waals surface area contributed by atoms with E-state index in [4.69, 9.17) is 9.47 Å². The second-order valence-corrected chi connectivity index (χ2v) is 7.18. The Morgan fingerprint density at radius 3 is 2.69 bits per heavy atom. The molecule has 0 aromatic heterocycles. The molecule has 1 aliphatic carbocycles. The summed E-state index contributed by atoms with van der Waals surface area (Å²) in [7, 11) is 0. The molecule has 0 bridgehead atoms. The number of benzene rings is 1. The molecular formula is C20H24N2O4. The van der Waals surface area contributed by atoms with Crippen LogP contribution < -0.4 is 14.8 Å². The lowest BCUT2D eigenvalue weighted by atomic mass is 9.94.